The van der Waals surface area contributed by atoms with Crippen molar-refractivity contribution in [2.24, 2.45) is 0 Å². The van der Waals surface area contributed by atoms with Crippen LogP contribution < -0.4 is 0 Å². The minimum Gasteiger partial charge on any atom is -0.508 e. The molecule has 0 saturated carbocycles. The molecule has 0 amide bonds. The van der Waals surface area contributed by atoms with Crippen LogP contribution in [0.3, 0.4) is 0 Å². The molecule has 0 radical (unpaired) electrons. The van der Waals surface area contributed by atoms with Gasteiger partial charge in [-0.3, -0.25) is 0 Å². The Balaban J connectivity index is 2.16. The van der Waals surface area contributed by atoms with Crippen LogP contribution in [0, 0.1) is 0 Å². The zero-order valence-corrected chi connectivity index (χ0v) is 9.35. The fourth-order valence-corrected chi connectivity index (χ4v) is 2.25. The molecule has 0 aliphatic carbocycles. The molecule has 0 spiro atoms. The van der Waals surface area contributed by atoms with E-state index in [2.05, 4.69) is 4.98 Å². The first-order valence-corrected chi connectivity index (χ1v) is 5.80. The summed E-state index contributed by atoms with van der Waals surface area (Å²) in [4.78, 5) is 15.1. The minimum atomic E-state index is -0.221. The molecule has 4 heteroatoms. The highest BCUT2D eigenvalue weighted by atomic mass is 32.1. The molecule has 0 aliphatic rings. The van der Waals surface area contributed by atoms with E-state index >= 15 is 0 Å². The first kappa shape index (κ1) is 10.8. The summed E-state index contributed by atoms with van der Waals surface area (Å²) in [6, 6.07) is 6.95. The lowest BCUT2D eigenvalue weighted by molar-refractivity contribution is -0.109. The van der Waals surface area contributed by atoms with Crippen LogP contribution >= 0.6 is 11.3 Å². The normalized spacial score (nSPS) is 12.2. The van der Waals surface area contributed by atoms with Gasteiger partial charge in [0, 0.05) is 11.6 Å². The largest absolute Gasteiger partial charge is 0.508 e. The van der Waals surface area contributed by atoms with E-state index in [1.165, 1.54) is 11.3 Å². The van der Waals surface area contributed by atoms with Crippen LogP contribution in [0.5, 0.6) is 5.75 Å². The van der Waals surface area contributed by atoms with Crippen molar-refractivity contribution in [3.63, 3.8) is 0 Å². The Morgan fingerprint density at radius 3 is 3.00 bits per heavy atom. The summed E-state index contributed by atoms with van der Waals surface area (Å²) in [5.41, 5.74) is 0.937. The highest BCUT2D eigenvalue weighted by Crippen LogP contribution is 2.22. The van der Waals surface area contributed by atoms with Crippen LogP contribution in [-0.4, -0.2) is 16.4 Å². The molecule has 2 rings (SSSR count). The third kappa shape index (κ3) is 2.46. The number of phenols is 1. The van der Waals surface area contributed by atoms with Gasteiger partial charge in [0.1, 0.15) is 17.0 Å². The molecule has 3 nitrogen and oxygen atoms in total. The highest BCUT2D eigenvalue weighted by Gasteiger charge is 2.13. The molecule has 0 aliphatic heterocycles. The Bertz CT molecular complexity index is 468. The van der Waals surface area contributed by atoms with E-state index in [1.54, 1.807) is 24.4 Å². The number of rotatable bonds is 4. The highest BCUT2D eigenvalue weighted by molar-refractivity contribution is 7.09. The van der Waals surface area contributed by atoms with E-state index in [1.807, 2.05) is 11.4 Å². The summed E-state index contributed by atoms with van der Waals surface area (Å²) in [5, 5.41) is 12.0. The molecule has 0 fully saturated rings. The maximum Gasteiger partial charge on any atom is 0.130 e. The van der Waals surface area contributed by atoms with E-state index in [0.717, 1.165) is 16.9 Å². The Morgan fingerprint density at radius 2 is 2.38 bits per heavy atom. The lowest BCUT2D eigenvalue weighted by atomic mass is 10.0. The topological polar surface area (TPSA) is 50.2 Å². The molecule has 2 aromatic rings. The van der Waals surface area contributed by atoms with Crippen molar-refractivity contribution in [3.8, 4) is 5.75 Å². The van der Waals surface area contributed by atoms with Crippen molar-refractivity contribution in [1.82, 2.24) is 4.98 Å². The van der Waals surface area contributed by atoms with E-state index in [-0.39, 0.29) is 11.7 Å². The van der Waals surface area contributed by atoms with Gasteiger partial charge in [0.15, 0.2) is 0 Å². The lowest BCUT2D eigenvalue weighted by Crippen LogP contribution is -2.03. The van der Waals surface area contributed by atoms with E-state index in [9.17, 15) is 9.90 Å². The van der Waals surface area contributed by atoms with Gasteiger partial charge in [0.2, 0.25) is 0 Å². The number of aromatic hydroxyl groups is 1. The van der Waals surface area contributed by atoms with Gasteiger partial charge in [-0.1, -0.05) is 12.1 Å². The monoisotopic (exact) mass is 233 g/mol. The first-order valence-electron chi connectivity index (χ1n) is 4.92. The summed E-state index contributed by atoms with van der Waals surface area (Å²) in [7, 11) is 0. The number of hydrogen-bond donors (Lipinski definition) is 1. The Hall–Kier alpha value is -1.68. The van der Waals surface area contributed by atoms with Crippen molar-refractivity contribution in [2.75, 3.05) is 0 Å². The number of carbonyl (C=O) groups is 1. The zero-order valence-electron chi connectivity index (χ0n) is 8.54. The number of aromatic nitrogens is 1. The molecule has 0 bridgehead atoms. The van der Waals surface area contributed by atoms with Crippen molar-refractivity contribution in [1.29, 1.82) is 0 Å². The molecule has 82 valence electrons. The van der Waals surface area contributed by atoms with Gasteiger partial charge in [0.05, 0.1) is 5.92 Å². The minimum absolute atomic E-state index is 0.221. The number of aldehydes is 1. The fraction of sp³-hybridized carbons (Fsp3) is 0.167. The Kier molecular flexibility index (Phi) is 3.31. The Morgan fingerprint density at radius 1 is 1.50 bits per heavy atom. The zero-order chi connectivity index (χ0) is 11.4. The van der Waals surface area contributed by atoms with Gasteiger partial charge in [0.25, 0.3) is 0 Å². The van der Waals surface area contributed by atoms with Crippen molar-refractivity contribution in [3.05, 3.63) is 46.4 Å². The second-order valence-electron chi connectivity index (χ2n) is 3.49. The third-order valence-corrected chi connectivity index (χ3v) is 3.21. The lowest BCUT2D eigenvalue weighted by Gasteiger charge is -2.07. The summed E-state index contributed by atoms with van der Waals surface area (Å²) < 4.78 is 0. The van der Waals surface area contributed by atoms with E-state index in [4.69, 9.17) is 0 Å². The van der Waals surface area contributed by atoms with Gasteiger partial charge in [-0.05, 0) is 24.1 Å². The van der Waals surface area contributed by atoms with Crippen LogP contribution in [0.4, 0.5) is 0 Å². The molecule has 1 aromatic heterocycles. The molecule has 16 heavy (non-hydrogen) atoms. The first-order chi connectivity index (χ1) is 7.79. The molecule has 1 aromatic carbocycles. The second-order valence-corrected chi connectivity index (χ2v) is 4.41. The molecule has 1 N–H and O–H groups in total. The van der Waals surface area contributed by atoms with Crippen molar-refractivity contribution in [2.45, 2.75) is 12.3 Å². The molecule has 1 heterocycles. The second kappa shape index (κ2) is 4.90. The predicted octanol–water partition coefficient (Wildman–Crippen LogP) is 2.37. The van der Waals surface area contributed by atoms with Gasteiger partial charge in [-0.2, -0.15) is 0 Å². The summed E-state index contributed by atoms with van der Waals surface area (Å²) >= 11 is 1.47. The van der Waals surface area contributed by atoms with Crippen molar-refractivity contribution >= 4 is 17.6 Å². The van der Waals surface area contributed by atoms with Crippen LogP contribution in [-0.2, 0) is 11.2 Å². The van der Waals surface area contributed by atoms with Crippen molar-refractivity contribution < 1.29 is 9.90 Å². The summed E-state index contributed by atoms with van der Waals surface area (Å²) in [6.07, 6.45) is 3.17. The average molecular weight is 233 g/mol. The van der Waals surface area contributed by atoms with E-state index < -0.39 is 0 Å². The molecular formula is C12H11NO2S. The number of carbonyl (C=O) groups excluding carboxylic acids is 1. The standard InChI is InChI=1S/C12H11NO2S/c14-8-10(12-13-4-5-16-12)6-9-2-1-3-11(15)7-9/h1-5,7-8,10,15H,6H2. The van der Waals surface area contributed by atoms with Crippen LogP contribution in [0.1, 0.15) is 16.5 Å². The van der Waals surface area contributed by atoms with Gasteiger partial charge < -0.3 is 9.90 Å². The number of hydrogen-bond acceptors (Lipinski definition) is 4. The molecule has 1 atom stereocenters. The summed E-state index contributed by atoms with van der Waals surface area (Å²) in [6.45, 7) is 0. The van der Waals surface area contributed by atoms with Gasteiger partial charge >= 0.3 is 0 Å². The van der Waals surface area contributed by atoms with Crippen LogP contribution in [0.2, 0.25) is 0 Å². The molecular weight excluding hydrogens is 222 g/mol. The van der Waals surface area contributed by atoms with Gasteiger partial charge in [-0.15, -0.1) is 11.3 Å². The number of thiazole rings is 1. The SMILES string of the molecule is O=CC(Cc1cccc(O)c1)c1nccs1. The van der Waals surface area contributed by atoms with Crippen LogP contribution in [0.25, 0.3) is 0 Å². The molecule has 0 saturated heterocycles. The predicted molar refractivity (Wildman–Crippen MR) is 62.7 cm³/mol. The van der Waals surface area contributed by atoms with Gasteiger partial charge in [-0.25, -0.2) is 4.98 Å². The smallest absolute Gasteiger partial charge is 0.130 e. The number of phenolic OH excluding ortho intramolecular Hbond substituents is 1. The number of benzene rings is 1. The summed E-state index contributed by atoms with van der Waals surface area (Å²) in [5.74, 6) is 0.00286. The van der Waals surface area contributed by atoms with E-state index in [0.29, 0.717) is 6.42 Å². The van der Waals surface area contributed by atoms with Crippen LogP contribution in [0.15, 0.2) is 35.8 Å². The maximum atomic E-state index is 11.0. The quantitative estimate of drug-likeness (QED) is 0.825. The average Bonchev–Trinajstić information content (AvgIpc) is 2.79. The number of nitrogens with zero attached hydrogens (tertiary/aromatic N) is 1. The maximum absolute atomic E-state index is 11.0. The third-order valence-electron chi connectivity index (χ3n) is 2.30. The Labute approximate surface area is 97.4 Å². The fourth-order valence-electron chi connectivity index (χ4n) is 1.55. The molecule has 1 unspecified atom stereocenters.